The van der Waals surface area contributed by atoms with Gasteiger partial charge in [-0.15, -0.1) is 0 Å². The molecule has 1 aromatic carbocycles. The van der Waals surface area contributed by atoms with Gasteiger partial charge in [-0.25, -0.2) is 9.59 Å². The van der Waals surface area contributed by atoms with Gasteiger partial charge in [0.1, 0.15) is 6.54 Å². The number of methoxy groups -OCH3 is 1. The number of rotatable bonds is 5. The van der Waals surface area contributed by atoms with Crippen LogP contribution in [0.1, 0.15) is 17.3 Å². The maximum Gasteiger partial charge on any atom is 0.337 e. The molecule has 0 unspecified atom stereocenters. The number of carbonyl (C=O) groups is 3. The molecule has 114 valence electrons. The molecule has 0 bridgehead atoms. The van der Waals surface area contributed by atoms with Crippen molar-refractivity contribution in [1.82, 2.24) is 4.90 Å². The smallest absolute Gasteiger partial charge is 0.337 e. The van der Waals surface area contributed by atoms with Crippen molar-refractivity contribution in [2.75, 3.05) is 25.5 Å². The highest BCUT2D eigenvalue weighted by atomic mass is 127. The fourth-order valence-corrected chi connectivity index (χ4v) is 2.04. The van der Waals surface area contributed by atoms with E-state index in [0.29, 0.717) is 0 Å². The number of urea groups is 1. The fourth-order valence-electron chi connectivity index (χ4n) is 1.54. The Hall–Kier alpha value is -1.84. The van der Waals surface area contributed by atoms with E-state index in [9.17, 15) is 14.4 Å². The van der Waals surface area contributed by atoms with Crippen molar-refractivity contribution in [2.24, 2.45) is 0 Å². The molecular weight excluding hydrogens is 391 g/mol. The summed E-state index contributed by atoms with van der Waals surface area (Å²) in [6, 6.07) is 4.08. The predicted molar refractivity (Wildman–Crippen MR) is 84.4 cm³/mol. The van der Waals surface area contributed by atoms with E-state index in [0.717, 1.165) is 3.57 Å². The summed E-state index contributed by atoms with van der Waals surface area (Å²) in [5.41, 5.74) is 0.167. The summed E-state index contributed by atoms with van der Waals surface area (Å²) < 4.78 is 5.25. The number of aromatic carboxylic acids is 1. The summed E-state index contributed by atoms with van der Waals surface area (Å²) in [7, 11) is 1.23. The van der Waals surface area contributed by atoms with Crippen LogP contribution in [-0.2, 0) is 9.53 Å². The maximum atomic E-state index is 12.1. The van der Waals surface area contributed by atoms with Crippen molar-refractivity contribution in [3.8, 4) is 0 Å². The lowest BCUT2D eigenvalue weighted by Crippen LogP contribution is -2.39. The normalized spacial score (nSPS) is 9.86. The van der Waals surface area contributed by atoms with Gasteiger partial charge in [-0.2, -0.15) is 0 Å². The van der Waals surface area contributed by atoms with Crippen molar-refractivity contribution in [3.63, 3.8) is 0 Å². The number of amides is 2. The van der Waals surface area contributed by atoms with Gasteiger partial charge in [-0.3, -0.25) is 4.79 Å². The fraction of sp³-hybridized carbons (Fsp3) is 0.308. The first kappa shape index (κ1) is 17.2. The third-order valence-corrected chi connectivity index (χ3v) is 3.34. The number of esters is 1. The van der Waals surface area contributed by atoms with Gasteiger partial charge in [0.05, 0.1) is 18.4 Å². The highest BCUT2D eigenvalue weighted by molar-refractivity contribution is 14.1. The van der Waals surface area contributed by atoms with E-state index in [1.807, 2.05) is 22.6 Å². The van der Waals surface area contributed by atoms with Crippen LogP contribution < -0.4 is 5.32 Å². The molecule has 2 amide bonds. The third-order valence-electron chi connectivity index (χ3n) is 2.67. The van der Waals surface area contributed by atoms with Crippen LogP contribution >= 0.6 is 22.6 Å². The number of nitrogens with zero attached hydrogens (tertiary/aromatic N) is 1. The van der Waals surface area contributed by atoms with Gasteiger partial charge in [-0.05, 0) is 47.7 Å². The Balaban J connectivity index is 2.91. The molecule has 0 aliphatic heterocycles. The zero-order valence-electron chi connectivity index (χ0n) is 11.6. The molecule has 1 aromatic rings. The van der Waals surface area contributed by atoms with E-state index in [1.165, 1.54) is 24.1 Å². The molecular formula is C13H15IN2O5. The van der Waals surface area contributed by atoms with Crippen LogP contribution in [0.15, 0.2) is 18.2 Å². The molecule has 0 radical (unpaired) electrons. The first-order chi connectivity index (χ1) is 9.88. The van der Waals surface area contributed by atoms with Crippen molar-refractivity contribution < 1.29 is 24.2 Å². The SMILES string of the molecule is CCN(CC(=O)OC)C(=O)Nc1ccc(I)cc1C(=O)O. The van der Waals surface area contributed by atoms with Gasteiger partial charge in [-0.1, -0.05) is 0 Å². The third kappa shape index (κ3) is 4.88. The number of carbonyl (C=O) groups excluding carboxylic acids is 2. The topological polar surface area (TPSA) is 95.9 Å². The minimum atomic E-state index is -1.14. The minimum Gasteiger partial charge on any atom is -0.478 e. The molecule has 2 N–H and O–H groups in total. The Morgan fingerprint density at radius 2 is 2.05 bits per heavy atom. The van der Waals surface area contributed by atoms with Gasteiger partial charge in [0.25, 0.3) is 0 Å². The Morgan fingerprint density at radius 1 is 1.38 bits per heavy atom. The second-order valence-electron chi connectivity index (χ2n) is 4.02. The lowest BCUT2D eigenvalue weighted by molar-refractivity contribution is -0.141. The molecule has 0 fully saturated rings. The quantitative estimate of drug-likeness (QED) is 0.576. The van der Waals surface area contributed by atoms with Gasteiger partial charge >= 0.3 is 18.0 Å². The molecule has 21 heavy (non-hydrogen) atoms. The molecule has 0 aliphatic rings. The van der Waals surface area contributed by atoms with E-state index in [4.69, 9.17) is 5.11 Å². The molecule has 0 atom stereocenters. The standard InChI is InChI=1S/C13H15IN2O5/c1-3-16(7-11(17)21-2)13(20)15-10-5-4-8(14)6-9(10)12(18)19/h4-6H,3,7H2,1-2H3,(H,15,20)(H,18,19). The van der Waals surface area contributed by atoms with Gasteiger partial charge in [0.2, 0.25) is 0 Å². The monoisotopic (exact) mass is 406 g/mol. The zero-order chi connectivity index (χ0) is 16.0. The molecule has 7 nitrogen and oxygen atoms in total. The van der Waals surface area contributed by atoms with Crippen LogP contribution in [-0.4, -0.2) is 48.2 Å². The maximum absolute atomic E-state index is 12.1. The minimum absolute atomic E-state index is 0.00984. The summed E-state index contributed by atoms with van der Waals surface area (Å²) in [4.78, 5) is 35.7. The van der Waals surface area contributed by atoms with Crippen molar-refractivity contribution in [1.29, 1.82) is 0 Å². The first-order valence-electron chi connectivity index (χ1n) is 6.04. The van der Waals surface area contributed by atoms with Crippen LogP contribution in [0, 0.1) is 3.57 Å². The van der Waals surface area contributed by atoms with Crippen LogP contribution in [0.25, 0.3) is 0 Å². The molecule has 0 aromatic heterocycles. The number of hydrogen-bond acceptors (Lipinski definition) is 4. The molecule has 0 aliphatic carbocycles. The summed E-state index contributed by atoms with van der Waals surface area (Å²) in [5.74, 6) is -1.69. The second-order valence-corrected chi connectivity index (χ2v) is 5.26. The Morgan fingerprint density at radius 3 is 2.57 bits per heavy atom. The van der Waals surface area contributed by atoms with Gasteiger partial charge < -0.3 is 20.1 Å². The van der Waals surface area contributed by atoms with Crippen molar-refractivity contribution in [2.45, 2.75) is 6.92 Å². The summed E-state index contributed by atoms with van der Waals surface area (Å²) >= 11 is 1.98. The van der Waals surface area contributed by atoms with E-state index >= 15 is 0 Å². The highest BCUT2D eigenvalue weighted by Gasteiger charge is 2.18. The number of carboxylic acid groups (broad SMARTS) is 1. The van der Waals surface area contributed by atoms with Crippen LogP contribution in [0.5, 0.6) is 0 Å². The van der Waals surface area contributed by atoms with Gasteiger partial charge in [0, 0.05) is 10.1 Å². The van der Waals surface area contributed by atoms with Gasteiger partial charge in [0.15, 0.2) is 0 Å². The average molecular weight is 406 g/mol. The number of benzene rings is 1. The van der Waals surface area contributed by atoms with E-state index in [-0.39, 0.29) is 24.3 Å². The predicted octanol–water partition coefficient (Wildman–Crippen LogP) is 2.02. The Kier molecular flexibility index (Phi) is 6.40. The van der Waals surface area contributed by atoms with Crippen LogP contribution in [0.4, 0.5) is 10.5 Å². The Bertz CT molecular complexity index is 561. The summed E-state index contributed by atoms with van der Waals surface area (Å²) in [6.07, 6.45) is 0. The molecule has 0 spiro atoms. The Labute approximate surface area is 135 Å². The van der Waals surface area contributed by atoms with Crippen LogP contribution in [0.3, 0.4) is 0 Å². The largest absolute Gasteiger partial charge is 0.478 e. The number of ether oxygens (including phenoxy) is 1. The summed E-state index contributed by atoms with van der Waals surface area (Å²) in [6.45, 7) is 1.79. The number of halogens is 1. The number of likely N-dealkylation sites (N-methyl/N-ethyl adjacent to an activating group) is 1. The lowest BCUT2D eigenvalue weighted by Gasteiger charge is -2.20. The number of carboxylic acids is 1. The lowest BCUT2D eigenvalue weighted by atomic mass is 10.2. The zero-order valence-corrected chi connectivity index (χ0v) is 13.7. The number of hydrogen-bond donors (Lipinski definition) is 2. The molecule has 8 heteroatoms. The molecule has 0 saturated heterocycles. The van der Waals surface area contributed by atoms with Crippen molar-refractivity contribution >= 4 is 46.2 Å². The number of anilines is 1. The van der Waals surface area contributed by atoms with Crippen LogP contribution in [0.2, 0.25) is 0 Å². The molecule has 0 heterocycles. The highest BCUT2D eigenvalue weighted by Crippen LogP contribution is 2.19. The molecule has 0 saturated carbocycles. The van der Waals surface area contributed by atoms with E-state index in [1.54, 1.807) is 13.0 Å². The van der Waals surface area contributed by atoms with Crippen molar-refractivity contribution in [3.05, 3.63) is 27.3 Å². The van der Waals surface area contributed by atoms with E-state index in [2.05, 4.69) is 10.1 Å². The number of nitrogens with one attached hydrogen (secondary N) is 1. The summed E-state index contributed by atoms with van der Waals surface area (Å²) in [5, 5.41) is 11.6. The molecule has 1 rings (SSSR count). The average Bonchev–Trinajstić information content (AvgIpc) is 2.45. The first-order valence-corrected chi connectivity index (χ1v) is 7.12. The second kappa shape index (κ2) is 7.81. The van der Waals surface area contributed by atoms with E-state index < -0.39 is 18.0 Å².